The van der Waals surface area contributed by atoms with Crippen LogP contribution in [0.25, 0.3) is 0 Å². The number of carboxylic acid groups (broad SMARTS) is 1. The van der Waals surface area contributed by atoms with Gasteiger partial charge in [0.1, 0.15) is 16.2 Å². The van der Waals surface area contributed by atoms with Crippen molar-refractivity contribution in [3.8, 4) is 11.5 Å². The molecular formula is C17H18BrNO6S. The van der Waals surface area contributed by atoms with E-state index in [1.165, 1.54) is 30.3 Å². The Morgan fingerprint density at radius 2 is 1.73 bits per heavy atom. The van der Waals surface area contributed by atoms with Gasteiger partial charge >= 0.3 is 5.97 Å². The third-order valence-electron chi connectivity index (χ3n) is 3.66. The van der Waals surface area contributed by atoms with Crippen molar-refractivity contribution in [2.75, 3.05) is 4.72 Å². The van der Waals surface area contributed by atoms with Gasteiger partial charge < -0.3 is 15.3 Å². The number of aromatic carboxylic acids is 1. The van der Waals surface area contributed by atoms with E-state index in [0.717, 1.165) is 0 Å². The standard InChI is InChI=1S/C17H18BrNO6S/c1-17(2,3)9-6-11(16(22)23)15(21)12(7-9)19-26(24,25)14-8-10(18)4-5-13(14)20/h4-8,19-21H,1-3H3,(H,22,23). The predicted molar refractivity (Wildman–Crippen MR) is 100 cm³/mol. The lowest BCUT2D eigenvalue weighted by molar-refractivity contribution is 0.0693. The molecule has 2 rings (SSSR count). The van der Waals surface area contributed by atoms with Gasteiger partial charge in [0.15, 0.2) is 5.75 Å². The van der Waals surface area contributed by atoms with E-state index in [4.69, 9.17) is 0 Å². The number of aromatic hydroxyl groups is 2. The first-order valence-electron chi connectivity index (χ1n) is 7.45. The van der Waals surface area contributed by atoms with Crippen LogP contribution in [0.15, 0.2) is 39.7 Å². The Kier molecular flexibility index (Phi) is 5.25. The summed E-state index contributed by atoms with van der Waals surface area (Å²) in [5, 5.41) is 29.3. The van der Waals surface area contributed by atoms with Gasteiger partial charge in [0, 0.05) is 4.47 Å². The summed E-state index contributed by atoms with van der Waals surface area (Å²) in [7, 11) is -4.28. The molecule has 0 aromatic heterocycles. The quantitative estimate of drug-likeness (QED) is 0.534. The van der Waals surface area contributed by atoms with Gasteiger partial charge in [-0.15, -0.1) is 0 Å². The minimum absolute atomic E-state index is 0.283. The van der Waals surface area contributed by atoms with Crippen LogP contribution in [0.5, 0.6) is 11.5 Å². The molecule has 0 unspecified atom stereocenters. The maximum absolute atomic E-state index is 12.6. The number of phenolic OH excluding ortho intramolecular Hbond substituents is 1. The number of carboxylic acids is 1. The zero-order valence-electron chi connectivity index (χ0n) is 14.2. The van der Waals surface area contributed by atoms with E-state index in [9.17, 15) is 28.5 Å². The molecule has 0 aliphatic heterocycles. The Morgan fingerprint density at radius 1 is 1.12 bits per heavy atom. The molecule has 2 aromatic rings. The van der Waals surface area contributed by atoms with E-state index in [1.54, 1.807) is 0 Å². The lowest BCUT2D eigenvalue weighted by Crippen LogP contribution is -2.17. The van der Waals surface area contributed by atoms with Crippen molar-refractivity contribution in [1.82, 2.24) is 0 Å². The fourth-order valence-electron chi connectivity index (χ4n) is 2.21. The lowest BCUT2D eigenvalue weighted by atomic mass is 9.85. The molecule has 0 aliphatic rings. The Hall–Kier alpha value is -2.26. The molecule has 140 valence electrons. The van der Waals surface area contributed by atoms with Crippen LogP contribution >= 0.6 is 15.9 Å². The second kappa shape index (κ2) is 6.81. The number of hydrogen-bond acceptors (Lipinski definition) is 5. The van der Waals surface area contributed by atoms with E-state index in [2.05, 4.69) is 20.7 Å². The third kappa shape index (κ3) is 4.10. The molecule has 0 atom stereocenters. The Bertz CT molecular complexity index is 979. The zero-order chi connectivity index (χ0) is 19.9. The second-order valence-corrected chi connectivity index (χ2v) is 9.26. The summed E-state index contributed by atoms with van der Waals surface area (Å²) in [6.45, 7) is 5.47. The Labute approximate surface area is 159 Å². The Morgan fingerprint density at radius 3 is 2.27 bits per heavy atom. The largest absolute Gasteiger partial charge is 0.507 e. The number of carbonyl (C=O) groups is 1. The van der Waals surface area contributed by atoms with Crippen LogP contribution in [0.1, 0.15) is 36.7 Å². The number of anilines is 1. The highest BCUT2D eigenvalue weighted by Gasteiger charge is 2.26. The molecule has 2 aromatic carbocycles. The van der Waals surface area contributed by atoms with Crippen LogP contribution in [-0.4, -0.2) is 29.7 Å². The summed E-state index contributed by atoms with van der Waals surface area (Å²) in [4.78, 5) is 11.0. The summed E-state index contributed by atoms with van der Waals surface area (Å²) in [6.07, 6.45) is 0. The first-order valence-corrected chi connectivity index (χ1v) is 9.72. The molecule has 0 aliphatic carbocycles. The van der Waals surface area contributed by atoms with Gasteiger partial charge in [-0.1, -0.05) is 36.7 Å². The Balaban J connectivity index is 2.63. The minimum Gasteiger partial charge on any atom is -0.507 e. The van der Waals surface area contributed by atoms with E-state index >= 15 is 0 Å². The van der Waals surface area contributed by atoms with Gasteiger partial charge in [0.05, 0.1) is 5.69 Å². The van der Waals surface area contributed by atoms with Crippen LogP contribution < -0.4 is 4.72 Å². The molecule has 4 N–H and O–H groups in total. The highest BCUT2D eigenvalue weighted by atomic mass is 79.9. The molecule has 9 heteroatoms. The highest BCUT2D eigenvalue weighted by Crippen LogP contribution is 2.36. The molecule has 0 amide bonds. The monoisotopic (exact) mass is 443 g/mol. The molecular weight excluding hydrogens is 426 g/mol. The van der Waals surface area contributed by atoms with E-state index < -0.39 is 43.4 Å². The van der Waals surface area contributed by atoms with Crippen LogP contribution in [0, 0.1) is 0 Å². The van der Waals surface area contributed by atoms with Crippen molar-refractivity contribution in [3.05, 3.63) is 45.9 Å². The minimum atomic E-state index is -4.28. The number of halogens is 1. The van der Waals surface area contributed by atoms with Gasteiger partial charge in [-0.05, 0) is 41.3 Å². The molecule has 7 nitrogen and oxygen atoms in total. The van der Waals surface area contributed by atoms with Crippen LogP contribution in [0.4, 0.5) is 5.69 Å². The number of nitrogens with one attached hydrogen (secondary N) is 1. The summed E-state index contributed by atoms with van der Waals surface area (Å²) < 4.78 is 27.8. The van der Waals surface area contributed by atoms with Crippen molar-refractivity contribution < 1.29 is 28.5 Å². The van der Waals surface area contributed by atoms with Crippen molar-refractivity contribution in [1.29, 1.82) is 0 Å². The molecule has 0 fully saturated rings. The second-order valence-electron chi connectivity index (χ2n) is 6.69. The van der Waals surface area contributed by atoms with Gasteiger partial charge in [-0.3, -0.25) is 4.72 Å². The number of rotatable bonds is 4. The first kappa shape index (κ1) is 20.1. The lowest BCUT2D eigenvalue weighted by Gasteiger charge is -2.22. The normalized spacial score (nSPS) is 12.0. The van der Waals surface area contributed by atoms with E-state index in [0.29, 0.717) is 10.0 Å². The molecule has 0 radical (unpaired) electrons. The number of phenols is 2. The highest BCUT2D eigenvalue weighted by molar-refractivity contribution is 9.10. The maximum Gasteiger partial charge on any atom is 0.339 e. The van der Waals surface area contributed by atoms with Gasteiger partial charge in [-0.2, -0.15) is 0 Å². The van der Waals surface area contributed by atoms with Gasteiger partial charge in [0.25, 0.3) is 10.0 Å². The zero-order valence-corrected chi connectivity index (χ0v) is 16.6. The summed E-state index contributed by atoms with van der Waals surface area (Å²) in [6, 6.07) is 6.53. The summed E-state index contributed by atoms with van der Waals surface area (Å²) >= 11 is 3.13. The molecule has 0 saturated carbocycles. The van der Waals surface area contributed by atoms with Crippen LogP contribution in [0.3, 0.4) is 0 Å². The fraction of sp³-hybridized carbons (Fsp3) is 0.235. The van der Waals surface area contributed by atoms with Crippen molar-refractivity contribution in [2.24, 2.45) is 0 Å². The number of sulfonamides is 1. The van der Waals surface area contributed by atoms with E-state index in [1.807, 2.05) is 20.8 Å². The predicted octanol–water partition coefficient (Wildman–Crippen LogP) is 3.66. The van der Waals surface area contributed by atoms with Crippen molar-refractivity contribution in [2.45, 2.75) is 31.1 Å². The van der Waals surface area contributed by atoms with Crippen LogP contribution in [-0.2, 0) is 15.4 Å². The van der Waals surface area contributed by atoms with Gasteiger partial charge in [0.2, 0.25) is 0 Å². The van der Waals surface area contributed by atoms with Gasteiger partial charge in [-0.25, -0.2) is 13.2 Å². The molecule has 0 saturated heterocycles. The van der Waals surface area contributed by atoms with Crippen LogP contribution in [0.2, 0.25) is 0 Å². The number of hydrogen-bond donors (Lipinski definition) is 4. The first-order chi connectivity index (χ1) is 11.8. The average molecular weight is 444 g/mol. The average Bonchev–Trinajstić information content (AvgIpc) is 2.50. The third-order valence-corrected chi connectivity index (χ3v) is 5.55. The molecule has 26 heavy (non-hydrogen) atoms. The smallest absolute Gasteiger partial charge is 0.339 e. The van der Waals surface area contributed by atoms with E-state index in [-0.39, 0.29) is 5.69 Å². The summed E-state index contributed by atoms with van der Waals surface area (Å²) in [5.74, 6) is -2.58. The summed E-state index contributed by atoms with van der Waals surface area (Å²) in [5.41, 5.74) is -0.678. The molecule has 0 heterocycles. The topological polar surface area (TPSA) is 124 Å². The molecule has 0 bridgehead atoms. The van der Waals surface area contributed by atoms with Crippen molar-refractivity contribution >= 4 is 37.6 Å². The molecule has 0 spiro atoms. The van der Waals surface area contributed by atoms with Crippen molar-refractivity contribution in [3.63, 3.8) is 0 Å². The maximum atomic E-state index is 12.6. The fourth-order valence-corrected chi connectivity index (χ4v) is 3.90. The SMILES string of the molecule is CC(C)(C)c1cc(NS(=O)(=O)c2cc(Br)ccc2O)c(O)c(C(=O)O)c1. The number of benzene rings is 2.